The van der Waals surface area contributed by atoms with Gasteiger partial charge in [-0.3, -0.25) is 9.48 Å². The maximum Gasteiger partial charge on any atom is 0.355 e. The second-order valence-corrected chi connectivity index (χ2v) is 14.8. The number of hydrogen-bond donors (Lipinski definition) is 0. The Bertz CT molecular complexity index is 2370. The minimum Gasteiger partial charge on any atom is -0.493 e. The molecule has 0 saturated carbocycles. The second kappa shape index (κ2) is 17.1. The lowest BCUT2D eigenvalue weighted by Gasteiger charge is -2.35. The maximum atomic E-state index is 14.0. The van der Waals surface area contributed by atoms with E-state index in [0.717, 1.165) is 112 Å². The molecule has 0 aliphatic carbocycles. The van der Waals surface area contributed by atoms with Gasteiger partial charge in [0.15, 0.2) is 0 Å². The number of para-hydroxylation sites is 1. The molecule has 8 rings (SSSR count). The van der Waals surface area contributed by atoms with Crippen LogP contribution in [0.5, 0.6) is 11.5 Å². The average molecular weight is 770 g/mol. The Balaban J connectivity index is 1.11. The number of hydrogen-bond acceptors (Lipinski definition) is 8. The lowest BCUT2D eigenvalue weighted by molar-refractivity contribution is -0.129. The molecule has 2 aliphatic rings. The van der Waals surface area contributed by atoms with Gasteiger partial charge in [0.2, 0.25) is 5.91 Å². The van der Waals surface area contributed by atoms with Crippen molar-refractivity contribution in [2.45, 2.75) is 59.3 Å². The maximum absolute atomic E-state index is 14.0. The number of benzene rings is 4. The summed E-state index contributed by atoms with van der Waals surface area (Å²) in [4.78, 5) is 30.0. The van der Waals surface area contributed by atoms with Crippen LogP contribution in [0.15, 0.2) is 84.9 Å². The quantitative estimate of drug-likeness (QED) is 0.0968. The Kier molecular flexibility index (Phi) is 11.4. The van der Waals surface area contributed by atoms with Crippen molar-refractivity contribution in [2.75, 3.05) is 50.9 Å². The highest BCUT2D eigenvalue weighted by Crippen LogP contribution is 2.40. The second-order valence-electron chi connectivity index (χ2n) is 14.8. The molecule has 11 nitrogen and oxygen atoms in total. The molecule has 4 heterocycles. The summed E-state index contributed by atoms with van der Waals surface area (Å²) in [6.45, 7) is 9.22. The molecule has 4 aromatic carbocycles. The minimum atomic E-state index is -0.310. The number of aryl methyl sites for hydroxylation is 3. The largest absolute Gasteiger partial charge is 0.493 e. The first-order valence-electron chi connectivity index (χ1n) is 20.2. The summed E-state index contributed by atoms with van der Waals surface area (Å²) in [5.41, 5.74) is 7.39. The number of carbonyl (C=O) groups is 2. The van der Waals surface area contributed by atoms with Gasteiger partial charge in [0.1, 0.15) is 29.5 Å². The van der Waals surface area contributed by atoms with Crippen LogP contribution >= 0.6 is 0 Å². The Morgan fingerprint density at radius 3 is 2.42 bits per heavy atom. The normalized spacial score (nSPS) is 14.6. The number of nitrogens with zero attached hydrogens (tertiary/aromatic N) is 5. The summed E-state index contributed by atoms with van der Waals surface area (Å²) in [6.07, 6.45) is 3.07. The molecule has 2 aliphatic heterocycles. The van der Waals surface area contributed by atoms with Crippen LogP contribution in [-0.4, -0.2) is 77.1 Å². The fourth-order valence-corrected chi connectivity index (χ4v) is 8.37. The molecule has 1 fully saturated rings. The SMILES string of the molecule is CCOC(=O)c1c(CCCOc2cccc3ccccc23)c2cccc3c2n1CCCCOCc1c-3c(COc2ccc(N3CCN(C(C)=O)CC3)cc2)nn1C. The third kappa shape index (κ3) is 7.94. The summed E-state index contributed by atoms with van der Waals surface area (Å²) in [7, 11) is 1.95. The molecule has 0 radical (unpaired) electrons. The molecule has 2 aromatic heterocycles. The zero-order valence-corrected chi connectivity index (χ0v) is 33.2. The van der Waals surface area contributed by atoms with Crippen LogP contribution in [0, 0.1) is 0 Å². The predicted molar refractivity (Wildman–Crippen MR) is 222 cm³/mol. The van der Waals surface area contributed by atoms with Gasteiger partial charge in [0.25, 0.3) is 0 Å². The molecule has 1 saturated heterocycles. The lowest BCUT2D eigenvalue weighted by Crippen LogP contribution is -2.48. The van der Waals surface area contributed by atoms with Crippen LogP contribution in [0.4, 0.5) is 5.69 Å². The van der Waals surface area contributed by atoms with Crippen LogP contribution in [0.1, 0.15) is 60.5 Å². The van der Waals surface area contributed by atoms with E-state index in [9.17, 15) is 9.59 Å². The van der Waals surface area contributed by atoms with Crippen molar-refractivity contribution in [2.24, 2.45) is 7.05 Å². The highest BCUT2D eigenvalue weighted by atomic mass is 16.5. The first-order valence-corrected chi connectivity index (χ1v) is 20.2. The highest BCUT2D eigenvalue weighted by molar-refractivity contribution is 6.05. The van der Waals surface area contributed by atoms with E-state index in [1.807, 2.05) is 60.0 Å². The molecule has 57 heavy (non-hydrogen) atoms. The van der Waals surface area contributed by atoms with Crippen molar-refractivity contribution in [3.63, 3.8) is 0 Å². The first kappa shape index (κ1) is 38.1. The van der Waals surface area contributed by atoms with E-state index in [1.165, 1.54) is 0 Å². The summed E-state index contributed by atoms with van der Waals surface area (Å²) in [5.74, 6) is 1.42. The molecule has 0 unspecified atom stereocenters. The van der Waals surface area contributed by atoms with E-state index in [-0.39, 0.29) is 25.1 Å². The number of fused-ring (bicyclic) bond motifs is 3. The van der Waals surface area contributed by atoms with Crippen LogP contribution in [0.2, 0.25) is 0 Å². The highest BCUT2D eigenvalue weighted by Gasteiger charge is 2.29. The molecule has 6 aromatic rings. The third-order valence-electron chi connectivity index (χ3n) is 11.2. The van der Waals surface area contributed by atoms with E-state index in [0.29, 0.717) is 38.5 Å². The van der Waals surface area contributed by atoms with E-state index < -0.39 is 0 Å². The molecule has 296 valence electrons. The number of esters is 1. The number of ether oxygens (including phenoxy) is 4. The van der Waals surface area contributed by atoms with E-state index in [1.54, 1.807) is 6.92 Å². The predicted octanol–water partition coefficient (Wildman–Crippen LogP) is 7.94. The van der Waals surface area contributed by atoms with Gasteiger partial charge in [-0.25, -0.2) is 4.79 Å². The van der Waals surface area contributed by atoms with Gasteiger partial charge in [-0.1, -0.05) is 54.6 Å². The summed E-state index contributed by atoms with van der Waals surface area (Å²) < 4.78 is 28.9. The Morgan fingerprint density at radius 1 is 0.842 bits per heavy atom. The van der Waals surface area contributed by atoms with Crippen LogP contribution < -0.4 is 14.4 Å². The van der Waals surface area contributed by atoms with Gasteiger partial charge in [-0.15, -0.1) is 0 Å². The van der Waals surface area contributed by atoms with Gasteiger partial charge in [0.05, 0.1) is 31.0 Å². The molecule has 0 spiro atoms. The monoisotopic (exact) mass is 769 g/mol. The van der Waals surface area contributed by atoms with Gasteiger partial charge in [-0.05, 0) is 73.9 Å². The van der Waals surface area contributed by atoms with Crippen LogP contribution in [-0.2, 0) is 47.5 Å². The molecule has 0 N–H and O–H groups in total. The number of carbonyl (C=O) groups excluding carboxylic acids is 2. The molecule has 1 amide bonds. The number of amides is 1. The van der Waals surface area contributed by atoms with Crippen molar-refractivity contribution in [1.29, 1.82) is 0 Å². The number of anilines is 1. The smallest absolute Gasteiger partial charge is 0.355 e. The lowest BCUT2D eigenvalue weighted by atomic mass is 9.98. The number of rotatable bonds is 11. The molecule has 11 heteroatoms. The standard InChI is InChI=1S/C46H51N5O6/c1-4-55-46(53)45-38(17-11-29-56-42-18-9-13-33-12-5-6-14-36(33)42)37-15-10-16-39-43-40(47-48(3)41(43)31-54-28-8-7-23-51(45)44(37)39)30-57-35-21-19-34(20-22-35)50-26-24-49(25-27-50)32(2)52/h5-6,9-10,12-16,18-22H,4,7-8,11,17,23-31H2,1-3H3. The van der Waals surface area contributed by atoms with Crippen molar-refractivity contribution in [3.8, 4) is 22.6 Å². The van der Waals surface area contributed by atoms with Crippen LogP contribution in [0.25, 0.3) is 32.8 Å². The average Bonchev–Trinajstić information content (AvgIpc) is 3.71. The minimum absolute atomic E-state index is 0.123. The van der Waals surface area contributed by atoms with Gasteiger partial charge >= 0.3 is 5.97 Å². The van der Waals surface area contributed by atoms with Gasteiger partial charge < -0.3 is 33.3 Å². The molecular formula is C46H51N5O6. The summed E-state index contributed by atoms with van der Waals surface area (Å²) in [5, 5.41) is 8.26. The summed E-state index contributed by atoms with van der Waals surface area (Å²) >= 11 is 0. The molecule has 0 atom stereocenters. The van der Waals surface area contributed by atoms with Crippen LogP contribution in [0.3, 0.4) is 0 Å². The Morgan fingerprint density at radius 2 is 1.61 bits per heavy atom. The Labute approximate surface area is 333 Å². The van der Waals surface area contributed by atoms with E-state index in [2.05, 4.69) is 58.0 Å². The third-order valence-corrected chi connectivity index (χ3v) is 11.2. The zero-order valence-electron chi connectivity index (χ0n) is 33.2. The van der Waals surface area contributed by atoms with E-state index >= 15 is 0 Å². The van der Waals surface area contributed by atoms with E-state index in [4.69, 9.17) is 24.0 Å². The molecule has 0 bridgehead atoms. The summed E-state index contributed by atoms with van der Waals surface area (Å²) in [6, 6.07) is 28.8. The van der Waals surface area contributed by atoms with Crippen molar-refractivity contribution >= 4 is 39.2 Å². The van der Waals surface area contributed by atoms with Crippen molar-refractivity contribution in [1.82, 2.24) is 19.2 Å². The fraction of sp³-hybridized carbons (Fsp3) is 0.370. The number of aromatic nitrogens is 3. The first-order chi connectivity index (χ1) is 27.9. The topological polar surface area (TPSA) is 100 Å². The van der Waals surface area contributed by atoms with Crippen molar-refractivity contribution < 1.29 is 28.5 Å². The van der Waals surface area contributed by atoms with Crippen molar-refractivity contribution in [3.05, 3.63) is 108 Å². The molecular weight excluding hydrogens is 719 g/mol. The Hall–Kier alpha value is -5.81. The van der Waals surface area contributed by atoms with Gasteiger partial charge in [0, 0.05) is 80.9 Å². The van der Waals surface area contributed by atoms with Gasteiger partial charge in [-0.2, -0.15) is 5.10 Å². The zero-order chi connectivity index (χ0) is 39.3. The fourth-order valence-electron chi connectivity index (χ4n) is 8.37. The number of piperazine rings is 1.